The van der Waals surface area contributed by atoms with E-state index in [1.54, 1.807) is 20.8 Å². The highest BCUT2D eigenvalue weighted by molar-refractivity contribution is 5.69. The van der Waals surface area contributed by atoms with Gasteiger partial charge in [0.05, 0.1) is 25.9 Å². The Morgan fingerprint density at radius 2 is 2.11 bits per heavy atom. The number of carbonyl (C=O) groups is 2. The summed E-state index contributed by atoms with van der Waals surface area (Å²) >= 11 is 0. The summed E-state index contributed by atoms with van der Waals surface area (Å²) in [5.74, 6) is -1.04. The van der Waals surface area contributed by atoms with Crippen molar-refractivity contribution in [1.82, 2.24) is 4.90 Å². The molecule has 1 aliphatic rings. The van der Waals surface area contributed by atoms with Gasteiger partial charge in [-0.25, -0.2) is 9.59 Å². The second-order valence-electron chi connectivity index (χ2n) is 5.31. The molecule has 7 heteroatoms. The van der Waals surface area contributed by atoms with E-state index in [1.807, 2.05) is 0 Å². The summed E-state index contributed by atoms with van der Waals surface area (Å²) in [4.78, 5) is 23.9. The highest BCUT2D eigenvalue weighted by Gasteiger charge is 2.31. The Balaban J connectivity index is 2.51. The van der Waals surface area contributed by atoms with Gasteiger partial charge in [-0.05, 0) is 20.8 Å². The molecule has 1 amide bonds. The second kappa shape index (κ2) is 6.72. The molecule has 0 aromatic rings. The molecule has 7 nitrogen and oxygen atoms in total. The number of ether oxygens (including phenoxy) is 3. The zero-order valence-electron chi connectivity index (χ0n) is 11.5. The summed E-state index contributed by atoms with van der Waals surface area (Å²) in [6, 6.07) is -0.317. The molecule has 0 radical (unpaired) electrons. The average Bonchev–Trinajstić information content (AvgIpc) is 2.26. The van der Waals surface area contributed by atoms with Crippen LogP contribution in [-0.4, -0.2) is 66.7 Å². The largest absolute Gasteiger partial charge is 0.480 e. The van der Waals surface area contributed by atoms with Crippen LogP contribution in [0.25, 0.3) is 0 Å². The van der Waals surface area contributed by atoms with Crippen LogP contribution in [-0.2, 0) is 19.0 Å². The van der Waals surface area contributed by atoms with Gasteiger partial charge in [0.15, 0.2) is 0 Å². The Labute approximate surface area is 112 Å². The number of hydrogen-bond donors (Lipinski definition) is 1. The molecule has 0 aliphatic carbocycles. The highest BCUT2D eigenvalue weighted by Crippen LogP contribution is 2.14. The molecule has 1 aliphatic heterocycles. The van der Waals surface area contributed by atoms with Crippen LogP contribution in [0.5, 0.6) is 0 Å². The summed E-state index contributed by atoms with van der Waals surface area (Å²) in [6.07, 6.45) is -0.431. The molecule has 1 rings (SSSR count). The summed E-state index contributed by atoms with van der Waals surface area (Å²) in [5.41, 5.74) is -0.568. The normalized spacial score (nSPS) is 20.2. The van der Waals surface area contributed by atoms with Gasteiger partial charge in [-0.2, -0.15) is 0 Å². The smallest absolute Gasteiger partial charge is 0.410 e. The lowest BCUT2D eigenvalue weighted by atomic mass is 10.2. The van der Waals surface area contributed by atoms with Crippen molar-refractivity contribution in [3.8, 4) is 0 Å². The first-order chi connectivity index (χ1) is 8.79. The van der Waals surface area contributed by atoms with Crippen LogP contribution < -0.4 is 0 Å². The van der Waals surface area contributed by atoms with Crippen molar-refractivity contribution >= 4 is 12.1 Å². The molecule has 1 unspecified atom stereocenters. The molecule has 0 aromatic heterocycles. The van der Waals surface area contributed by atoms with Gasteiger partial charge in [0.2, 0.25) is 0 Å². The minimum atomic E-state index is -1.04. The van der Waals surface area contributed by atoms with E-state index in [4.69, 9.17) is 19.3 Å². The van der Waals surface area contributed by atoms with Gasteiger partial charge in [0.1, 0.15) is 12.2 Å². The van der Waals surface area contributed by atoms with Gasteiger partial charge in [-0.15, -0.1) is 0 Å². The van der Waals surface area contributed by atoms with Crippen LogP contribution in [0.15, 0.2) is 0 Å². The fourth-order valence-electron chi connectivity index (χ4n) is 1.64. The molecule has 0 spiro atoms. The number of carboxylic acid groups (broad SMARTS) is 1. The molecule has 1 fully saturated rings. The number of nitrogens with zero attached hydrogens (tertiary/aromatic N) is 1. The molecule has 110 valence electrons. The first kappa shape index (κ1) is 15.7. The van der Waals surface area contributed by atoms with E-state index in [0.29, 0.717) is 19.8 Å². The van der Waals surface area contributed by atoms with E-state index < -0.39 is 24.3 Å². The number of carbonyl (C=O) groups excluding carboxylic acids is 1. The Hall–Kier alpha value is -1.34. The van der Waals surface area contributed by atoms with E-state index in [2.05, 4.69) is 0 Å². The number of hydrogen-bond acceptors (Lipinski definition) is 5. The maximum atomic E-state index is 12.0. The summed E-state index contributed by atoms with van der Waals surface area (Å²) < 4.78 is 15.6. The van der Waals surface area contributed by atoms with E-state index in [-0.39, 0.29) is 12.6 Å². The topological polar surface area (TPSA) is 85.3 Å². The molecular weight excluding hydrogens is 254 g/mol. The minimum absolute atomic E-state index is 0.117. The maximum absolute atomic E-state index is 12.0. The molecule has 1 N–H and O–H groups in total. The fourth-order valence-corrected chi connectivity index (χ4v) is 1.64. The molecule has 0 saturated carbocycles. The number of morpholine rings is 1. The maximum Gasteiger partial charge on any atom is 0.410 e. The van der Waals surface area contributed by atoms with Gasteiger partial charge < -0.3 is 19.3 Å². The zero-order valence-corrected chi connectivity index (χ0v) is 11.5. The number of carboxylic acids is 1. The predicted molar refractivity (Wildman–Crippen MR) is 66.0 cm³/mol. The SMILES string of the molecule is CC(C)(C)OC(=O)N1CCOCC1COCC(=O)O. The van der Waals surface area contributed by atoms with Gasteiger partial charge in [0, 0.05) is 6.54 Å². The van der Waals surface area contributed by atoms with E-state index in [1.165, 1.54) is 4.90 Å². The lowest BCUT2D eigenvalue weighted by Crippen LogP contribution is -2.52. The molecule has 1 atom stereocenters. The van der Waals surface area contributed by atoms with Crippen LogP contribution in [0.2, 0.25) is 0 Å². The Kier molecular flexibility index (Phi) is 5.56. The number of amides is 1. The third-order valence-corrected chi connectivity index (χ3v) is 2.39. The van der Waals surface area contributed by atoms with Crippen molar-refractivity contribution in [3.63, 3.8) is 0 Å². The average molecular weight is 275 g/mol. The van der Waals surface area contributed by atoms with Crippen molar-refractivity contribution in [1.29, 1.82) is 0 Å². The Morgan fingerprint density at radius 1 is 1.42 bits per heavy atom. The van der Waals surface area contributed by atoms with Crippen LogP contribution in [0.3, 0.4) is 0 Å². The second-order valence-corrected chi connectivity index (χ2v) is 5.31. The number of rotatable bonds is 4. The van der Waals surface area contributed by atoms with Crippen molar-refractivity contribution in [2.45, 2.75) is 32.4 Å². The Bertz CT molecular complexity index is 325. The van der Waals surface area contributed by atoms with Crippen molar-refractivity contribution in [2.24, 2.45) is 0 Å². The van der Waals surface area contributed by atoms with Crippen LogP contribution in [0, 0.1) is 0 Å². The third-order valence-electron chi connectivity index (χ3n) is 2.39. The molecule has 19 heavy (non-hydrogen) atoms. The molecule has 0 bridgehead atoms. The van der Waals surface area contributed by atoms with E-state index in [0.717, 1.165) is 0 Å². The van der Waals surface area contributed by atoms with Crippen LogP contribution in [0.4, 0.5) is 4.79 Å². The highest BCUT2D eigenvalue weighted by atomic mass is 16.6. The molecule has 1 heterocycles. The van der Waals surface area contributed by atoms with Gasteiger partial charge >= 0.3 is 12.1 Å². The standard InChI is InChI=1S/C12H21NO6/c1-12(2,3)19-11(16)13-4-5-17-6-9(13)7-18-8-10(14)15/h9H,4-8H2,1-3H3,(H,14,15). The fraction of sp³-hybridized carbons (Fsp3) is 0.833. The van der Waals surface area contributed by atoms with Crippen LogP contribution in [0.1, 0.15) is 20.8 Å². The first-order valence-electron chi connectivity index (χ1n) is 6.16. The monoisotopic (exact) mass is 275 g/mol. The van der Waals surface area contributed by atoms with Crippen molar-refractivity contribution in [3.05, 3.63) is 0 Å². The van der Waals surface area contributed by atoms with Crippen molar-refractivity contribution < 1.29 is 28.9 Å². The lowest BCUT2D eigenvalue weighted by Gasteiger charge is -2.36. The first-order valence-corrected chi connectivity index (χ1v) is 6.16. The summed E-state index contributed by atoms with van der Waals surface area (Å²) in [5, 5.41) is 8.51. The molecular formula is C12H21NO6. The summed E-state index contributed by atoms with van der Waals surface area (Å²) in [7, 11) is 0. The predicted octanol–water partition coefficient (Wildman–Crippen LogP) is 0.724. The van der Waals surface area contributed by atoms with Crippen LogP contribution >= 0.6 is 0 Å². The zero-order chi connectivity index (χ0) is 14.5. The molecule has 0 aromatic carbocycles. The van der Waals surface area contributed by atoms with Gasteiger partial charge in [0.25, 0.3) is 0 Å². The van der Waals surface area contributed by atoms with E-state index >= 15 is 0 Å². The van der Waals surface area contributed by atoms with Gasteiger partial charge in [-0.3, -0.25) is 4.90 Å². The molecule has 1 saturated heterocycles. The quantitative estimate of drug-likeness (QED) is 0.814. The van der Waals surface area contributed by atoms with Crippen molar-refractivity contribution in [2.75, 3.05) is 33.0 Å². The van der Waals surface area contributed by atoms with E-state index in [9.17, 15) is 9.59 Å². The van der Waals surface area contributed by atoms with Gasteiger partial charge in [-0.1, -0.05) is 0 Å². The Morgan fingerprint density at radius 3 is 2.68 bits per heavy atom. The number of aliphatic carboxylic acids is 1. The minimum Gasteiger partial charge on any atom is -0.480 e. The third kappa shape index (κ3) is 5.89. The summed E-state index contributed by atoms with van der Waals surface area (Å²) in [6.45, 7) is 6.28. The lowest BCUT2D eigenvalue weighted by molar-refractivity contribution is -0.143.